The Labute approximate surface area is 84.0 Å². The molecule has 0 bridgehead atoms. The summed E-state index contributed by atoms with van der Waals surface area (Å²) in [4.78, 5) is 0. The SMILES string of the molecule is Cc1ccc(C(Cl)=NO)c(Br)c1. The molecule has 0 radical (unpaired) electrons. The Balaban J connectivity index is 3.18. The van der Waals surface area contributed by atoms with Crippen molar-refractivity contribution in [2.45, 2.75) is 6.92 Å². The van der Waals surface area contributed by atoms with Crippen LogP contribution in [0.3, 0.4) is 0 Å². The van der Waals surface area contributed by atoms with Gasteiger partial charge in [-0.25, -0.2) is 0 Å². The molecule has 0 saturated heterocycles. The molecule has 0 unspecified atom stereocenters. The molecule has 0 atom stereocenters. The van der Waals surface area contributed by atoms with Crippen LogP contribution in [-0.2, 0) is 0 Å². The van der Waals surface area contributed by atoms with E-state index in [1.807, 2.05) is 19.1 Å². The molecule has 0 heterocycles. The van der Waals surface area contributed by atoms with Crippen molar-refractivity contribution >= 4 is 32.7 Å². The van der Waals surface area contributed by atoms with E-state index in [1.165, 1.54) is 0 Å². The maximum Gasteiger partial charge on any atom is 0.176 e. The van der Waals surface area contributed by atoms with Crippen LogP contribution in [0.15, 0.2) is 27.8 Å². The van der Waals surface area contributed by atoms with Crippen LogP contribution < -0.4 is 0 Å². The zero-order valence-electron chi connectivity index (χ0n) is 6.38. The van der Waals surface area contributed by atoms with Crippen molar-refractivity contribution in [1.82, 2.24) is 0 Å². The van der Waals surface area contributed by atoms with Crippen LogP contribution in [0.25, 0.3) is 0 Å². The minimum atomic E-state index is 0.0851. The molecule has 0 spiro atoms. The lowest BCUT2D eigenvalue weighted by Crippen LogP contribution is -1.92. The second kappa shape index (κ2) is 3.92. The number of rotatable bonds is 1. The van der Waals surface area contributed by atoms with E-state index in [0.29, 0.717) is 5.56 Å². The molecule has 0 saturated carbocycles. The highest BCUT2D eigenvalue weighted by Crippen LogP contribution is 2.20. The third-order valence-electron chi connectivity index (χ3n) is 1.43. The van der Waals surface area contributed by atoms with Crippen molar-refractivity contribution in [1.29, 1.82) is 0 Å². The molecule has 64 valence electrons. The first-order valence-electron chi connectivity index (χ1n) is 3.29. The van der Waals surface area contributed by atoms with Crippen LogP contribution in [-0.4, -0.2) is 10.4 Å². The average Bonchev–Trinajstić information content (AvgIpc) is 2.03. The van der Waals surface area contributed by atoms with E-state index in [9.17, 15) is 0 Å². The van der Waals surface area contributed by atoms with Gasteiger partial charge in [-0.1, -0.05) is 44.8 Å². The lowest BCUT2D eigenvalue weighted by molar-refractivity contribution is 0.321. The van der Waals surface area contributed by atoms with Crippen molar-refractivity contribution in [3.63, 3.8) is 0 Å². The number of hydrogen-bond acceptors (Lipinski definition) is 2. The highest BCUT2D eigenvalue weighted by atomic mass is 79.9. The largest absolute Gasteiger partial charge is 0.410 e. The summed E-state index contributed by atoms with van der Waals surface area (Å²) in [5.41, 5.74) is 1.80. The molecule has 1 aromatic rings. The monoisotopic (exact) mass is 247 g/mol. The molecule has 0 aromatic heterocycles. The van der Waals surface area contributed by atoms with E-state index in [0.717, 1.165) is 10.0 Å². The molecule has 0 aliphatic heterocycles. The van der Waals surface area contributed by atoms with Gasteiger partial charge in [-0.15, -0.1) is 0 Å². The predicted octanol–water partition coefficient (Wildman–Crippen LogP) is 3.13. The van der Waals surface area contributed by atoms with Gasteiger partial charge in [0, 0.05) is 10.0 Å². The van der Waals surface area contributed by atoms with Crippen LogP contribution >= 0.6 is 27.5 Å². The molecule has 0 aliphatic rings. The van der Waals surface area contributed by atoms with Crippen LogP contribution in [0, 0.1) is 6.92 Å². The third kappa shape index (κ3) is 1.99. The molecular formula is C8H7BrClNO. The number of oxime groups is 1. The van der Waals surface area contributed by atoms with Gasteiger partial charge in [0.2, 0.25) is 0 Å². The number of benzene rings is 1. The highest BCUT2D eigenvalue weighted by molar-refractivity contribution is 9.10. The Morgan fingerprint density at radius 3 is 2.75 bits per heavy atom. The summed E-state index contributed by atoms with van der Waals surface area (Å²) < 4.78 is 0.824. The number of nitrogens with zero attached hydrogens (tertiary/aromatic N) is 1. The van der Waals surface area contributed by atoms with Crippen molar-refractivity contribution < 1.29 is 5.21 Å². The van der Waals surface area contributed by atoms with E-state index < -0.39 is 0 Å². The zero-order valence-corrected chi connectivity index (χ0v) is 8.72. The summed E-state index contributed by atoms with van der Waals surface area (Å²) in [5, 5.41) is 11.4. The summed E-state index contributed by atoms with van der Waals surface area (Å²) in [7, 11) is 0. The van der Waals surface area contributed by atoms with E-state index in [-0.39, 0.29) is 5.17 Å². The maximum atomic E-state index is 8.42. The molecule has 4 heteroatoms. The highest BCUT2D eigenvalue weighted by Gasteiger charge is 2.04. The number of halogens is 2. The first-order valence-corrected chi connectivity index (χ1v) is 4.46. The molecule has 1 rings (SSSR count). The fourth-order valence-corrected chi connectivity index (χ4v) is 1.80. The first-order chi connectivity index (χ1) is 5.65. The van der Waals surface area contributed by atoms with E-state index in [1.54, 1.807) is 6.07 Å². The summed E-state index contributed by atoms with van der Waals surface area (Å²) in [5.74, 6) is 0. The minimum absolute atomic E-state index is 0.0851. The molecule has 12 heavy (non-hydrogen) atoms. The Morgan fingerprint density at radius 2 is 2.25 bits per heavy atom. The van der Waals surface area contributed by atoms with Gasteiger partial charge in [0.1, 0.15) is 0 Å². The topological polar surface area (TPSA) is 32.6 Å². The predicted molar refractivity (Wildman–Crippen MR) is 53.1 cm³/mol. The minimum Gasteiger partial charge on any atom is -0.410 e. The van der Waals surface area contributed by atoms with Gasteiger partial charge in [-0.2, -0.15) is 0 Å². The van der Waals surface area contributed by atoms with Gasteiger partial charge in [0.15, 0.2) is 5.17 Å². The first kappa shape index (κ1) is 9.55. The third-order valence-corrected chi connectivity index (χ3v) is 2.37. The number of aryl methyl sites for hydroxylation is 1. The van der Waals surface area contributed by atoms with Crippen LogP contribution in [0.2, 0.25) is 0 Å². The summed E-state index contributed by atoms with van der Waals surface area (Å²) in [6, 6.07) is 5.60. The maximum absolute atomic E-state index is 8.42. The van der Waals surface area contributed by atoms with E-state index in [4.69, 9.17) is 16.8 Å². The van der Waals surface area contributed by atoms with Crippen molar-refractivity contribution in [2.75, 3.05) is 0 Å². The molecule has 1 aromatic carbocycles. The smallest absolute Gasteiger partial charge is 0.176 e. The van der Waals surface area contributed by atoms with E-state index >= 15 is 0 Å². The van der Waals surface area contributed by atoms with Crippen LogP contribution in [0.1, 0.15) is 11.1 Å². The Bertz CT molecular complexity index is 325. The molecule has 2 nitrogen and oxygen atoms in total. The molecule has 1 N–H and O–H groups in total. The lowest BCUT2D eigenvalue weighted by atomic mass is 10.2. The molecule has 0 aliphatic carbocycles. The van der Waals surface area contributed by atoms with Gasteiger partial charge >= 0.3 is 0 Å². The van der Waals surface area contributed by atoms with Crippen LogP contribution in [0.5, 0.6) is 0 Å². The second-order valence-corrected chi connectivity index (χ2v) is 3.59. The average molecular weight is 249 g/mol. The Morgan fingerprint density at radius 1 is 1.58 bits per heavy atom. The zero-order chi connectivity index (χ0) is 9.14. The standard InChI is InChI=1S/C8H7BrClNO/c1-5-2-3-6(7(9)4-5)8(10)11-12/h2-4,12H,1H3. The Kier molecular flexibility index (Phi) is 3.12. The van der Waals surface area contributed by atoms with Gasteiger partial charge in [-0.3, -0.25) is 0 Å². The van der Waals surface area contributed by atoms with Gasteiger partial charge < -0.3 is 5.21 Å². The molecular weight excluding hydrogens is 241 g/mol. The van der Waals surface area contributed by atoms with Gasteiger partial charge in [0.05, 0.1) is 0 Å². The van der Waals surface area contributed by atoms with Crippen LogP contribution in [0.4, 0.5) is 0 Å². The fourth-order valence-electron chi connectivity index (χ4n) is 0.841. The second-order valence-electron chi connectivity index (χ2n) is 2.37. The summed E-state index contributed by atoms with van der Waals surface area (Å²) in [6.45, 7) is 1.97. The lowest BCUT2D eigenvalue weighted by Gasteiger charge is -2.00. The van der Waals surface area contributed by atoms with Gasteiger partial charge in [0.25, 0.3) is 0 Å². The van der Waals surface area contributed by atoms with Gasteiger partial charge in [-0.05, 0) is 18.6 Å². The summed E-state index contributed by atoms with van der Waals surface area (Å²) >= 11 is 8.93. The van der Waals surface area contributed by atoms with Crippen molar-refractivity contribution in [3.05, 3.63) is 33.8 Å². The Hall–Kier alpha value is -0.540. The van der Waals surface area contributed by atoms with Crippen molar-refractivity contribution in [2.24, 2.45) is 5.16 Å². The quantitative estimate of drug-likeness (QED) is 0.462. The summed E-state index contributed by atoms with van der Waals surface area (Å²) in [6.07, 6.45) is 0. The normalized spacial score (nSPS) is 11.8. The molecule has 0 fully saturated rings. The number of hydrogen-bond donors (Lipinski definition) is 1. The van der Waals surface area contributed by atoms with Crippen molar-refractivity contribution in [3.8, 4) is 0 Å². The van der Waals surface area contributed by atoms with E-state index in [2.05, 4.69) is 21.1 Å². The fraction of sp³-hybridized carbons (Fsp3) is 0.125. The molecule has 0 amide bonds.